The van der Waals surface area contributed by atoms with Gasteiger partial charge in [-0.1, -0.05) is 170 Å². The van der Waals surface area contributed by atoms with Crippen molar-refractivity contribution in [3.8, 4) is 39.1 Å². The standard InChI is InChI=1S/C57H39N5/c1-4-15-38(16-5-1)39-27-29-40(30-28-39)42-19-14-20-45(35-42)56-58-55(41-17-6-2-7-18-41)59-57(60-56)62-52-26-13-11-24-48(52)50-37-44(32-34-54(50)62)43-31-33-53-49(36-43)47-23-10-12-25-51(47)61(53)46-21-8-3-9-22-46/h1-37,57H,(H,58,59,60). The van der Waals surface area contributed by atoms with Crippen molar-refractivity contribution in [3.05, 3.63) is 236 Å². The number of rotatable bonds is 7. The van der Waals surface area contributed by atoms with E-state index >= 15 is 0 Å². The van der Waals surface area contributed by atoms with Crippen LogP contribution in [-0.2, 0) is 0 Å². The molecule has 0 amide bonds. The van der Waals surface area contributed by atoms with Gasteiger partial charge in [0.1, 0.15) is 5.84 Å². The summed E-state index contributed by atoms with van der Waals surface area (Å²) in [6, 6.07) is 79.9. The van der Waals surface area contributed by atoms with E-state index in [-0.39, 0.29) is 0 Å². The van der Waals surface area contributed by atoms with E-state index in [0.717, 1.165) is 44.8 Å². The zero-order valence-corrected chi connectivity index (χ0v) is 33.7. The summed E-state index contributed by atoms with van der Waals surface area (Å²) in [5.74, 6) is 1.46. The Kier molecular flexibility index (Phi) is 8.49. The van der Waals surface area contributed by atoms with E-state index in [2.05, 4.69) is 233 Å². The van der Waals surface area contributed by atoms with Crippen molar-refractivity contribution in [2.75, 3.05) is 0 Å². The third kappa shape index (κ3) is 6.10. The second-order valence-electron chi connectivity index (χ2n) is 15.9. The van der Waals surface area contributed by atoms with Crippen LogP contribution in [0.2, 0.25) is 0 Å². The van der Waals surface area contributed by atoms with Gasteiger partial charge in [0.15, 0.2) is 5.84 Å². The maximum Gasteiger partial charge on any atom is 0.204 e. The van der Waals surface area contributed by atoms with Crippen LogP contribution in [0, 0.1) is 0 Å². The van der Waals surface area contributed by atoms with Crippen LogP contribution in [0.4, 0.5) is 0 Å². The number of nitrogens with zero attached hydrogens (tertiary/aromatic N) is 4. The van der Waals surface area contributed by atoms with Gasteiger partial charge >= 0.3 is 0 Å². The molecule has 5 nitrogen and oxygen atoms in total. The molecule has 0 bridgehead atoms. The topological polar surface area (TPSA) is 46.6 Å². The van der Waals surface area contributed by atoms with Crippen molar-refractivity contribution >= 4 is 55.3 Å². The van der Waals surface area contributed by atoms with Crippen molar-refractivity contribution in [1.29, 1.82) is 0 Å². The zero-order chi connectivity index (χ0) is 41.0. The van der Waals surface area contributed by atoms with Crippen LogP contribution >= 0.6 is 0 Å². The first-order chi connectivity index (χ1) is 30.7. The number of fused-ring (bicyclic) bond motifs is 6. The second-order valence-corrected chi connectivity index (χ2v) is 15.9. The highest BCUT2D eigenvalue weighted by Gasteiger charge is 2.25. The molecule has 0 aliphatic carbocycles. The molecule has 2 aromatic heterocycles. The molecule has 11 aromatic rings. The van der Waals surface area contributed by atoms with Gasteiger partial charge in [0, 0.05) is 38.4 Å². The first-order valence-electron chi connectivity index (χ1n) is 21.1. The van der Waals surface area contributed by atoms with Crippen LogP contribution in [0.15, 0.2) is 234 Å². The van der Waals surface area contributed by atoms with Crippen molar-refractivity contribution in [3.63, 3.8) is 0 Å². The second kappa shape index (κ2) is 14.8. The predicted molar refractivity (Wildman–Crippen MR) is 258 cm³/mol. The lowest BCUT2D eigenvalue weighted by Gasteiger charge is -2.26. The van der Waals surface area contributed by atoms with Crippen LogP contribution < -0.4 is 5.32 Å². The summed E-state index contributed by atoms with van der Waals surface area (Å²) in [6.07, 6.45) is -0.458. The lowest BCUT2D eigenvalue weighted by Crippen LogP contribution is -2.36. The summed E-state index contributed by atoms with van der Waals surface area (Å²) in [7, 11) is 0. The van der Waals surface area contributed by atoms with Crippen LogP contribution in [0.1, 0.15) is 17.4 Å². The maximum atomic E-state index is 5.41. The van der Waals surface area contributed by atoms with Gasteiger partial charge in [-0.2, -0.15) is 0 Å². The number of hydrogen-bond donors (Lipinski definition) is 1. The fourth-order valence-electron chi connectivity index (χ4n) is 9.22. The highest BCUT2D eigenvalue weighted by atomic mass is 15.3. The van der Waals surface area contributed by atoms with Gasteiger partial charge in [-0.3, -0.25) is 0 Å². The smallest absolute Gasteiger partial charge is 0.204 e. The van der Waals surface area contributed by atoms with E-state index < -0.39 is 6.29 Å². The Bertz CT molecular complexity index is 3520. The van der Waals surface area contributed by atoms with E-state index in [1.165, 1.54) is 54.8 Å². The summed E-state index contributed by atoms with van der Waals surface area (Å²) in [5, 5.41) is 8.57. The lowest BCUT2D eigenvalue weighted by atomic mass is 9.99. The summed E-state index contributed by atoms with van der Waals surface area (Å²) in [6.45, 7) is 0. The van der Waals surface area contributed by atoms with E-state index in [0.29, 0.717) is 5.84 Å². The zero-order valence-electron chi connectivity index (χ0n) is 33.7. The molecule has 12 rings (SSSR count). The first kappa shape index (κ1) is 35.6. The molecule has 5 heteroatoms. The van der Waals surface area contributed by atoms with Crippen LogP contribution in [0.5, 0.6) is 0 Å². The maximum absolute atomic E-state index is 5.41. The summed E-state index contributed by atoms with van der Waals surface area (Å²) in [4.78, 5) is 10.6. The Morgan fingerprint density at radius 2 is 0.790 bits per heavy atom. The molecule has 3 heterocycles. The monoisotopic (exact) mass is 793 g/mol. The number of para-hydroxylation sites is 3. The minimum absolute atomic E-state index is 0.458. The largest absolute Gasteiger partial charge is 0.331 e. The third-order valence-corrected chi connectivity index (χ3v) is 12.2. The highest BCUT2D eigenvalue weighted by Crippen LogP contribution is 2.39. The quantitative estimate of drug-likeness (QED) is 0.172. The molecular formula is C57H39N5. The summed E-state index contributed by atoms with van der Waals surface area (Å²) in [5.41, 5.74) is 14.7. The molecule has 0 radical (unpaired) electrons. The number of aromatic nitrogens is 2. The van der Waals surface area contributed by atoms with E-state index in [1.54, 1.807) is 0 Å². The Morgan fingerprint density at radius 3 is 1.50 bits per heavy atom. The average Bonchev–Trinajstić information content (AvgIpc) is 3.87. The van der Waals surface area contributed by atoms with Crippen LogP contribution in [0.25, 0.3) is 82.7 Å². The number of nitrogens with one attached hydrogen (secondary N) is 1. The molecule has 62 heavy (non-hydrogen) atoms. The Balaban J connectivity index is 0.964. The molecule has 1 unspecified atom stereocenters. The van der Waals surface area contributed by atoms with Crippen molar-refractivity contribution in [2.45, 2.75) is 6.29 Å². The van der Waals surface area contributed by atoms with Gasteiger partial charge < -0.3 is 14.5 Å². The molecule has 1 aliphatic heterocycles. The van der Waals surface area contributed by atoms with Gasteiger partial charge in [-0.05, 0) is 88.0 Å². The molecule has 292 valence electrons. The van der Waals surface area contributed by atoms with Gasteiger partial charge in [0.05, 0.1) is 22.1 Å². The van der Waals surface area contributed by atoms with E-state index in [9.17, 15) is 0 Å². The molecule has 1 N–H and O–H groups in total. The van der Waals surface area contributed by atoms with Crippen molar-refractivity contribution in [1.82, 2.24) is 14.5 Å². The van der Waals surface area contributed by atoms with Gasteiger partial charge in [-0.25, -0.2) is 9.98 Å². The molecule has 0 saturated carbocycles. The average molecular weight is 794 g/mol. The molecule has 9 aromatic carbocycles. The fraction of sp³-hybridized carbons (Fsp3) is 0.0175. The summed E-state index contributed by atoms with van der Waals surface area (Å²) >= 11 is 0. The fourth-order valence-corrected chi connectivity index (χ4v) is 9.22. The number of benzene rings is 9. The number of amidine groups is 2. The molecule has 0 fully saturated rings. The van der Waals surface area contributed by atoms with Crippen LogP contribution in [0.3, 0.4) is 0 Å². The number of aliphatic imine (C=N–C) groups is 2. The molecule has 0 spiro atoms. The lowest BCUT2D eigenvalue weighted by molar-refractivity contribution is 0.516. The summed E-state index contributed by atoms with van der Waals surface area (Å²) < 4.78 is 4.69. The van der Waals surface area contributed by atoms with Crippen molar-refractivity contribution < 1.29 is 0 Å². The SMILES string of the molecule is c1ccc(C2=NC(c3cccc(-c4ccc(-c5ccccc5)cc4)c3)=NC(n3c4ccccc4c4cc(-c5ccc6c(c5)c5ccccc5n6-c5ccccc5)ccc43)N2)cc1. The van der Waals surface area contributed by atoms with Gasteiger partial charge in [0.2, 0.25) is 6.29 Å². The molecule has 1 atom stereocenters. The number of hydrogen-bond acceptors (Lipinski definition) is 3. The highest BCUT2D eigenvalue weighted by molar-refractivity contribution is 6.15. The third-order valence-electron chi connectivity index (χ3n) is 12.2. The molecular weight excluding hydrogens is 755 g/mol. The van der Waals surface area contributed by atoms with Gasteiger partial charge in [-0.15, -0.1) is 0 Å². The van der Waals surface area contributed by atoms with E-state index in [4.69, 9.17) is 9.98 Å². The van der Waals surface area contributed by atoms with Gasteiger partial charge in [0.25, 0.3) is 0 Å². The normalized spacial score (nSPS) is 14.0. The Hall–Kier alpha value is -8.28. The first-order valence-corrected chi connectivity index (χ1v) is 21.1. The van der Waals surface area contributed by atoms with Crippen molar-refractivity contribution in [2.24, 2.45) is 9.98 Å². The Labute approximate surface area is 359 Å². The molecule has 1 aliphatic rings. The Morgan fingerprint density at radius 1 is 0.339 bits per heavy atom. The van der Waals surface area contributed by atoms with E-state index in [1.807, 2.05) is 6.07 Å². The molecule has 0 saturated heterocycles. The predicted octanol–water partition coefficient (Wildman–Crippen LogP) is 13.8. The van der Waals surface area contributed by atoms with Crippen LogP contribution in [-0.4, -0.2) is 20.8 Å². The minimum Gasteiger partial charge on any atom is -0.331 e. The minimum atomic E-state index is -0.458.